The number of rotatable bonds is 29. The lowest BCUT2D eigenvalue weighted by molar-refractivity contribution is -0.147. The van der Waals surface area contributed by atoms with Crippen molar-refractivity contribution in [1.82, 2.24) is 47.4 Å². The molecule has 0 aliphatic carbocycles. The standard InChI is InChI=1S/C60H73B4N9O20/c1-3-33(59(83)73-21-7-10-49(73)58(82)72-50(32(2)74)60(84)85)8-4-5-19-65-55(79)46(69-57(81)48(71-54(78)37-14-18-41-31-93-64(89)45(41)25-37)27-68-52(76)35-12-16-39-29-91-62(87)43(39)23-35)9-6-20-66-56(80)47(70-53(77)36-13-17-40-30-92-63(88)44(40)24-36)26-67-51(75)34-11-15-38-28-90-61(86)42(38)22-34/h11-18,22-25,32-33,46-50,74,86-89H,3-10,19-21,26-31H2,1-2H3,(H,65,79)(H,66,80)(H,67,75)(H,68,76)(H,69,81)(H,70,77)(H,71,78)(H,72,82)(H,84,85)/t32-,33+,46+,47-,48-,49+,50+/m1/s1. The lowest BCUT2D eigenvalue weighted by Crippen LogP contribution is -2.57. The Morgan fingerprint density at radius 2 is 0.946 bits per heavy atom. The van der Waals surface area contributed by atoms with Crippen LogP contribution in [0.5, 0.6) is 0 Å². The molecule has 93 heavy (non-hydrogen) atoms. The molecule has 4 aromatic carbocycles. The molecular weight excluding hydrogens is 1210 g/mol. The van der Waals surface area contributed by atoms with Gasteiger partial charge in [-0.2, -0.15) is 0 Å². The molecule has 1 fully saturated rings. The average Bonchev–Trinajstić information content (AvgIpc) is 2.04. The number of carboxylic acids is 1. The Bertz CT molecular complexity index is 3510. The van der Waals surface area contributed by atoms with Crippen LogP contribution in [0.4, 0.5) is 0 Å². The van der Waals surface area contributed by atoms with Crippen molar-refractivity contribution in [3.8, 4) is 0 Å². The van der Waals surface area contributed by atoms with Gasteiger partial charge in [-0.25, -0.2) is 4.79 Å². The Morgan fingerprint density at radius 3 is 1.38 bits per heavy atom. The first-order valence-corrected chi connectivity index (χ1v) is 30.8. The maximum absolute atomic E-state index is 14.6. The van der Waals surface area contributed by atoms with Gasteiger partial charge >= 0.3 is 34.4 Å². The summed E-state index contributed by atoms with van der Waals surface area (Å²) in [5.41, 5.74) is 4.36. The zero-order valence-corrected chi connectivity index (χ0v) is 51.1. The fourth-order valence-electron chi connectivity index (χ4n) is 11.6. The summed E-state index contributed by atoms with van der Waals surface area (Å²) in [6.45, 7) is 2.64. The van der Waals surface area contributed by atoms with Crippen LogP contribution in [-0.2, 0) is 73.8 Å². The third-order valence-corrected chi connectivity index (χ3v) is 17.1. The van der Waals surface area contributed by atoms with Crippen LogP contribution in [0.25, 0.3) is 0 Å². The Balaban J connectivity index is 0.889. The zero-order valence-electron chi connectivity index (χ0n) is 51.1. The van der Waals surface area contributed by atoms with Crippen molar-refractivity contribution >= 4 is 109 Å². The lowest BCUT2D eigenvalue weighted by Gasteiger charge is -2.29. The normalized spacial score (nSPS) is 17.2. The molecule has 0 unspecified atom stereocenters. The number of carboxylic acid groups (broad SMARTS) is 1. The van der Waals surface area contributed by atoms with Crippen LogP contribution in [-0.4, -0.2) is 192 Å². The van der Waals surface area contributed by atoms with E-state index in [0.29, 0.717) is 82.6 Å². The van der Waals surface area contributed by atoms with Gasteiger partial charge in [-0.1, -0.05) is 37.6 Å². The number of unbranched alkanes of at least 4 members (excludes halogenated alkanes) is 1. The highest BCUT2D eigenvalue weighted by Crippen LogP contribution is 2.25. The summed E-state index contributed by atoms with van der Waals surface area (Å²) in [5.74, 6) is -8.28. The highest BCUT2D eigenvalue weighted by atomic mass is 16.5. The SMILES string of the molecule is CC[C@@H](CCCCNC(=O)[C@H](CCCNC(=O)[C@@H](CNC(=O)c1ccc2c(c1)B(O)OC2)NC(=O)c1ccc2c(c1)B(O)OC2)NC(=O)[C@@H](CNC(=O)c1ccc2c(c1)B(O)OC2)NC(=O)c1ccc2c(c1)B(O)OC2)C(=O)N1CCC[C@H]1C(=O)N[C@H](C(=O)O)[C@@H](C)O. The van der Waals surface area contributed by atoms with Crippen molar-refractivity contribution in [3.63, 3.8) is 0 Å². The molecule has 4 aromatic rings. The molecule has 9 rings (SSSR count). The average molecular weight is 1280 g/mol. The van der Waals surface area contributed by atoms with Crippen molar-refractivity contribution in [2.45, 2.75) is 128 Å². The van der Waals surface area contributed by atoms with Gasteiger partial charge in [0.25, 0.3) is 23.6 Å². The fourth-order valence-corrected chi connectivity index (χ4v) is 11.6. The molecule has 5 aliphatic heterocycles. The summed E-state index contributed by atoms with van der Waals surface area (Å²) in [4.78, 5) is 138. The predicted octanol–water partition coefficient (Wildman–Crippen LogP) is -5.05. The van der Waals surface area contributed by atoms with Crippen LogP contribution in [0.15, 0.2) is 72.8 Å². The van der Waals surface area contributed by atoms with E-state index in [-0.39, 0.29) is 87.1 Å². The second kappa shape index (κ2) is 31.4. The number of fused-ring (bicyclic) bond motifs is 4. The van der Waals surface area contributed by atoms with Crippen molar-refractivity contribution < 1.29 is 96.9 Å². The summed E-state index contributed by atoms with van der Waals surface area (Å²) < 4.78 is 21.1. The van der Waals surface area contributed by atoms with Gasteiger partial charge in [0, 0.05) is 60.9 Å². The van der Waals surface area contributed by atoms with Crippen LogP contribution >= 0.6 is 0 Å². The quantitative estimate of drug-likeness (QED) is 0.0179. The van der Waals surface area contributed by atoms with Crippen molar-refractivity contribution in [2.24, 2.45) is 5.92 Å². The van der Waals surface area contributed by atoms with Crippen molar-refractivity contribution in [1.29, 1.82) is 0 Å². The van der Waals surface area contributed by atoms with Gasteiger partial charge < -0.3 is 96.4 Å². The lowest BCUT2D eigenvalue weighted by atomic mass is 9.78. The number of likely N-dealkylation sites (tertiary alicyclic amines) is 1. The van der Waals surface area contributed by atoms with Gasteiger partial charge in [0.05, 0.1) is 32.5 Å². The highest BCUT2D eigenvalue weighted by molar-refractivity contribution is 6.63. The summed E-state index contributed by atoms with van der Waals surface area (Å²) in [7, 11) is -5.12. The Morgan fingerprint density at radius 1 is 0.527 bits per heavy atom. The molecule has 490 valence electrons. The van der Waals surface area contributed by atoms with Crippen LogP contribution < -0.4 is 64.4 Å². The van der Waals surface area contributed by atoms with E-state index in [1.54, 1.807) is 24.3 Å². The topological polar surface area (TPSA) is 428 Å². The number of benzene rings is 4. The molecular formula is C60H73B4N9O20. The van der Waals surface area contributed by atoms with Gasteiger partial charge in [-0.3, -0.25) is 43.2 Å². The zero-order chi connectivity index (χ0) is 66.6. The minimum absolute atomic E-state index is 0.0207. The number of carbonyl (C=O) groups is 10. The second-order valence-corrected chi connectivity index (χ2v) is 23.4. The maximum Gasteiger partial charge on any atom is 0.491 e. The molecule has 14 N–H and O–H groups in total. The number of nitrogens with zero attached hydrogens (tertiary/aromatic N) is 1. The number of hydrogen-bond acceptors (Lipinski definition) is 19. The Labute approximate surface area is 535 Å². The number of aliphatic hydroxyl groups is 1. The molecule has 0 bridgehead atoms. The molecule has 9 amide bonds. The van der Waals surface area contributed by atoms with E-state index in [0.717, 1.165) is 0 Å². The van der Waals surface area contributed by atoms with E-state index in [1.165, 1.54) is 60.4 Å². The first-order chi connectivity index (χ1) is 44.6. The molecule has 5 aliphatic rings. The first-order valence-electron chi connectivity index (χ1n) is 30.8. The number of amides is 9. The van der Waals surface area contributed by atoms with E-state index in [9.17, 15) is 78.3 Å². The van der Waals surface area contributed by atoms with Gasteiger partial charge in [0.1, 0.15) is 24.2 Å². The molecule has 1 saturated heterocycles. The maximum atomic E-state index is 14.6. The van der Waals surface area contributed by atoms with E-state index in [1.807, 2.05) is 6.92 Å². The third kappa shape index (κ3) is 17.0. The van der Waals surface area contributed by atoms with Crippen molar-refractivity contribution in [3.05, 3.63) is 117 Å². The molecule has 33 heteroatoms. The largest absolute Gasteiger partial charge is 0.491 e. The van der Waals surface area contributed by atoms with Crippen LogP contribution in [0, 0.1) is 5.92 Å². The monoisotopic (exact) mass is 1280 g/mol. The second-order valence-electron chi connectivity index (χ2n) is 23.4. The van der Waals surface area contributed by atoms with E-state index in [4.69, 9.17) is 18.6 Å². The predicted molar refractivity (Wildman–Crippen MR) is 333 cm³/mol. The van der Waals surface area contributed by atoms with Gasteiger partial charge in [-0.15, -0.1) is 0 Å². The van der Waals surface area contributed by atoms with Crippen LogP contribution in [0.2, 0.25) is 0 Å². The summed E-state index contributed by atoms with van der Waals surface area (Å²) >= 11 is 0. The number of aliphatic carboxylic acids is 1. The summed E-state index contributed by atoms with van der Waals surface area (Å²) in [5, 5.41) is 82.0. The van der Waals surface area contributed by atoms with Gasteiger partial charge in [0.2, 0.25) is 29.5 Å². The van der Waals surface area contributed by atoms with Gasteiger partial charge in [-0.05, 0) is 145 Å². The number of nitrogens with one attached hydrogen (secondary N) is 8. The number of carbonyl (C=O) groups excluding carboxylic acids is 9. The van der Waals surface area contributed by atoms with E-state index in [2.05, 4.69) is 42.5 Å². The van der Waals surface area contributed by atoms with E-state index < -0.39 is 137 Å². The molecule has 7 atom stereocenters. The van der Waals surface area contributed by atoms with Crippen molar-refractivity contribution in [2.75, 3.05) is 32.7 Å². The smallest absolute Gasteiger partial charge is 0.480 e. The minimum Gasteiger partial charge on any atom is -0.480 e. The third-order valence-electron chi connectivity index (χ3n) is 17.1. The molecule has 0 aromatic heterocycles. The molecule has 0 radical (unpaired) electrons. The molecule has 0 saturated carbocycles. The van der Waals surface area contributed by atoms with Gasteiger partial charge in [0.15, 0.2) is 6.04 Å². The highest BCUT2D eigenvalue weighted by Gasteiger charge is 2.40. The minimum atomic E-state index is -1.58. The van der Waals surface area contributed by atoms with Crippen LogP contribution in [0.3, 0.4) is 0 Å². The molecule has 0 spiro atoms. The molecule has 29 nitrogen and oxygen atoms in total. The Hall–Kier alpha value is -8.52. The summed E-state index contributed by atoms with van der Waals surface area (Å²) in [6, 6.07) is 11.1. The van der Waals surface area contributed by atoms with E-state index >= 15 is 0 Å². The molecule has 5 heterocycles. The number of hydrogen-bond donors (Lipinski definition) is 14. The number of aliphatic hydroxyl groups excluding tert-OH is 1. The Kier molecular flexibility index (Phi) is 23.2. The summed E-state index contributed by atoms with van der Waals surface area (Å²) in [6.07, 6.45) is 0.678. The van der Waals surface area contributed by atoms with Crippen LogP contribution in [0.1, 0.15) is 129 Å². The first kappa shape index (κ1) is 68.8. The fraction of sp³-hybridized carbons (Fsp3) is 0.433.